The van der Waals surface area contributed by atoms with E-state index in [2.05, 4.69) is 41.4 Å². The number of fused-ring (bicyclic) bond motifs is 1. The fourth-order valence-corrected chi connectivity index (χ4v) is 3.31. The Morgan fingerprint density at radius 2 is 1.90 bits per heavy atom. The number of nitrogen functional groups attached to an aromatic ring is 1. The molecule has 1 aliphatic carbocycles. The van der Waals surface area contributed by atoms with Crippen molar-refractivity contribution in [3.8, 4) is 5.69 Å². The number of nitrogens with one attached hydrogen (secondary N) is 1. The predicted octanol–water partition coefficient (Wildman–Crippen LogP) is 3.30. The van der Waals surface area contributed by atoms with Crippen LogP contribution in [-0.4, -0.2) is 20.0 Å². The minimum Gasteiger partial charge on any atom is -0.383 e. The molecule has 4 rings (SSSR count). The summed E-state index contributed by atoms with van der Waals surface area (Å²) in [5.74, 6) is 1.14. The lowest BCUT2D eigenvalue weighted by Gasteiger charge is -2.06. The normalized spacial score (nSPS) is 16.0. The minimum atomic E-state index is 0.513. The van der Waals surface area contributed by atoms with E-state index in [-0.39, 0.29) is 0 Å². The van der Waals surface area contributed by atoms with Gasteiger partial charge in [0.1, 0.15) is 5.82 Å². The maximum absolute atomic E-state index is 6.09. The molecule has 0 spiro atoms. The fourth-order valence-electron chi connectivity index (χ4n) is 3.31. The Hall–Kier alpha value is -2.30. The van der Waals surface area contributed by atoms with Gasteiger partial charge in [-0.1, -0.05) is 30.5 Å². The number of aromatic amines is 1. The average Bonchev–Trinajstić information content (AvgIpc) is 3.18. The van der Waals surface area contributed by atoms with Crippen LogP contribution >= 0.6 is 0 Å². The second-order valence-electron chi connectivity index (χ2n) is 5.95. The molecule has 3 aromatic rings. The van der Waals surface area contributed by atoms with Gasteiger partial charge in [0.15, 0.2) is 5.65 Å². The first kappa shape index (κ1) is 12.4. The quantitative estimate of drug-likeness (QED) is 0.757. The molecular formula is C16H19N5. The Labute approximate surface area is 123 Å². The van der Waals surface area contributed by atoms with E-state index in [1.807, 2.05) is 4.68 Å². The minimum absolute atomic E-state index is 0.513. The summed E-state index contributed by atoms with van der Waals surface area (Å²) in [4.78, 5) is 0. The molecule has 2 aromatic heterocycles. The number of aromatic nitrogens is 4. The lowest BCUT2D eigenvalue weighted by atomic mass is 10.0. The van der Waals surface area contributed by atoms with E-state index >= 15 is 0 Å². The molecule has 0 atom stereocenters. The van der Waals surface area contributed by atoms with Crippen molar-refractivity contribution in [3.05, 3.63) is 35.5 Å². The topological polar surface area (TPSA) is 72.5 Å². The third-order valence-corrected chi connectivity index (χ3v) is 4.46. The van der Waals surface area contributed by atoms with Gasteiger partial charge in [-0.2, -0.15) is 10.2 Å². The van der Waals surface area contributed by atoms with Gasteiger partial charge in [0.2, 0.25) is 0 Å². The maximum atomic E-state index is 6.09. The van der Waals surface area contributed by atoms with Gasteiger partial charge in [0, 0.05) is 5.92 Å². The molecule has 1 fully saturated rings. The van der Waals surface area contributed by atoms with Gasteiger partial charge in [-0.15, -0.1) is 0 Å². The molecule has 0 bridgehead atoms. The van der Waals surface area contributed by atoms with Crippen LogP contribution in [0.4, 0.5) is 5.82 Å². The largest absolute Gasteiger partial charge is 0.383 e. The van der Waals surface area contributed by atoms with Crippen molar-refractivity contribution in [3.63, 3.8) is 0 Å². The smallest absolute Gasteiger partial charge is 0.186 e. The maximum Gasteiger partial charge on any atom is 0.186 e. The number of anilines is 1. The van der Waals surface area contributed by atoms with Gasteiger partial charge in [-0.05, 0) is 31.9 Å². The van der Waals surface area contributed by atoms with Gasteiger partial charge in [-0.25, -0.2) is 4.68 Å². The molecule has 21 heavy (non-hydrogen) atoms. The molecule has 0 unspecified atom stereocenters. The Balaban J connectivity index is 1.91. The van der Waals surface area contributed by atoms with Crippen LogP contribution in [-0.2, 0) is 0 Å². The van der Waals surface area contributed by atoms with Crippen molar-refractivity contribution in [2.75, 3.05) is 5.73 Å². The first-order valence-electron chi connectivity index (χ1n) is 7.53. The third-order valence-electron chi connectivity index (χ3n) is 4.46. The molecule has 0 aliphatic heterocycles. The number of nitrogens with zero attached hydrogens (tertiary/aromatic N) is 3. The summed E-state index contributed by atoms with van der Waals surface area (Å²) in [6.07, 6.45) is 4.96. The highest BCUT2D eigenvalue weighted by atomic mass is 15.4. The number of nitrogens with two attached hydrogens (primary N) is 1. The molecule has 1 aromatic carbocycles. The van der Waals surface area contributed by atoms with Crippen molar-refractivity contribution in [1.82, 2.24) is 20.0 Å². The Bertz CT molecular complexity index is 775. The summed E-state index contributed by atoms with van der Waals surface area (Å²) in [6.45, 7) is 2.08. The number of aryl methyl sites for hydroxylation is 1. The zero-order chi connectivity index (χ0) is 14.4. The van der Waals surface area contributed by atoms with Gasteiger partial charge in [-0.3, -0.25) is 5.10 Å². The van der Waals surface area contributed by atoms with Crippen LogP contribution in [0.3, 0.4) is 0 Å². The van der Waals surface area contributed by atoms with Gasteiger partial charge in [0.05, 0.1) is 16.8 Å². The van der Waals surface area contributed by atoms with E-state index in [9.17, 15) is 0 Å². The zero-order valence-electron chi connectivity index (χ0n) is 12.1. The van der Waals surface area contributed by atoms with Crippen LogP contribution in [0.25, 0.3) is 16.7 Å². The number of benzene rings is 1. The highest BCUT2D eigenvalue weighted by molar-refractivity contribution is 5.90. The van der Waals surface area contributed by atoms with Crippen molar-refractivity contribution in [2.45, 2.75) is 38.5 Å². The summed E-state index contributed by atoms with van der Waals surface area (Å²) < 4.78 is 1.91. The van der Waals surface area contributed by atoms with Crippen LogP contribution < -0.4 is 5.73 Å². The van der Waals surface area contributed by atoms with Crippen LogP contribution in [0.2, 0.25) is 0 Å². The number of hydrogen-bond donors (Lipinski definition) is 2. The van der Waals surface area contributed by atoms with Crippen molar-refractivity contribution >= 4 is 16.9 Å². The summed E-state index contributed by atoms with van der Waals surface area (Å²) >= 11 is 0. The van der Waals surface area contributed by atoms with Crippen LogP contribution in [0.5, 0.6) is 0 Å². The Morgan fingerprint density at radius 3 is 2.62 bits per heavy atom. The summed E-state index contributed by atoms with van der Waals surface area (Å²) in [7, 11) is 0. The molecule has 0 radical (unpaired) electrons. The van der Waals surface area contributed by atoms with E-state index in [1.54, 1.807) is 0 Å². The second-order valence-corrected chi connectivity index (χ2v) is 5.95. The monoisotopic (exact) mass is 281 g/mol. The van der Waals surface area contributed by atoms with Gasteiger partial charge >= 0.3 is 0 Å². The molecule has 1 aliphatic rings. The first-order chi connectivity index (χ1) is 10.2. The predicted molar refractivity (Wildman–Crippen MR) is 83.6 cm³/mol. The number of H-pyrrole nitrogens is 1. The standard InChI is InChI=1S/C16H19N5/c1-10-6-8-12(9-7-10)21-16-13(15(17)18-19-16)14(20-21)11-4-2-3-5-11/h6-9,11H,2-5H2,1H3,(H3,17,18,19). The van der Waals surface area contributed by atoms with E-state index in [1.165, 1.54) is 31.2 Å². The summed E-state index contributed by atoms with van der Waals surface area (Å²) in [6, 6.07) is 8.33. The average molecular weight is 281 g/mol. The molecule has 5 heteroatoms. The van der Waals surface area contributed by atoms with Crippen molar-refractivity contribution in [1.29, 1.82) is 0 Å². The molecule has 5 nitrogen and oxygen atoms in total. The van der Waals surface area contributed by atoms with Gasteiger partial charge < -0.3 is 5.73 Å². The van der Waals surface area contributed by atoms with Gasteiger partial charge in [0.25, 0.3) is 0 Å². The number of rotatable bonds is 2. The van der Waals surface area contributed by atoms with Crippen LogP contribution in [0.15, 0.2) is 24.3 Å². The van der Waals surface area contributed by atoms with E-state index < -0.39 is 0 Å². The lowest BCUT2D eigenvalue weighted by Crippen LogP contribution is -2.01. The molecule has 108 valence electrons. The fraction of sp³-hybridized carbons (Fsp3) is 0.375. The summed E-state index contributed by atoms with van der Waals surface area (Å²) in [5, 5.41) is 13.1. The number of hydrogen-bond acceptors (Lipinski definition) is 3. The van der Waals surface area contributed by atoms with Crippen LogP contribution in [0.1, 0.15) is 42.9 Å². The highest BCUT2D eigenvalue weighted by Gasteiger charge is 2.26. The molecular weight excluding hydrogens is 262 g/mol. The Morgan fingerprint density at radius 1 is 1.19 bits per heavy atom. The van der Waals surface area contributed by atoms with Crippen molar-refractivity contribution in [2.24, 2.45) is 0 Å². The first-order valence-corrected chi connectivity index (χ1v) is 7.53. The third kappa shape index (κ3) is 1.92. The molecule has 2 heterocycles. The summed E-state index contributed by atoms with van der Waals surface area (Å²) in [5.41, 5.74) is 10.3. The SMILES string of the molecule is Cc1ccc(-n2nc(C3CCCC3)c3c(N)[nH]nc32)cc1. The highest BCUT2D eigenvalue weighted by Crippen LogP contribution is 2.38. The second kappa shape index (κ2) is 4.62. The molecule has 0 amide bonds. The zero-order valence-corrected chi connectivity index (χ0v) is 12.1. The van der Waals surface area contributed by atoms with E-state index in [0.29, 0.717) is 11.7 Å². The molecule has 3 N–H and O–H groups in total. The molecule has 1 saturated carbocycles. The van der Waals surface area contributed by atoms with E-state index in [0.717, 1.165) is 22.4 Å². The Kier molecular flexibility index (Phi) is 2.74. The van der Waals surface area contributed by atoms with E-state index in [4.69, 9.17) is 10.8 Å². The van der Waals surface area contributed by atoms with Crippen LogP contribution in [0, 0.1) is 6.92 Å². The van der Waals surface area contributed by atoms with Crippen molar-refractivity contribution < 1.29 is 0 Å². The lowest BCUT2D eigenvalue weighted by molar-refractivity contribution is 0.682. The molecule has 0 saturated heterocycles.